The second-order valence-electron chi connectivity index (χ2n) is 7.94. The molecule has 0 bridgehead atoms. The molecule has 0 aromatic heterocycles. The number of esters is 2. The average molecular weight is 449 g/mol. The lowest BCUT2D eigenvalue weighted by Crippen LogP contribution is -2.50. The summed E-state index contributed by atoms with van der Waals surface area (Å²) in [6.07, 6.45) is 6.46. The Hall–Kier alpha value is -2.22. The minimum atomic E-state index is -0.581. The molecule has 170 valence electrons. The van der Waals surface area contributed by atoms with Crippen molar-refractivity contribution in [3.8, 4) is 0 Å². The van der Waals surface area contributed by atoms with E-state index in [1.54, 1.807) is 47.9 Å². The molecular formula is C23H32N2O5S. The van der Waals surface area contributed by atoms with Crippen LogP contribution in [0.1, 0.15) is 62.7 Å². The molecule has 31 heavy (non-hydrogen) atoms. The Labute approximate surface area is 188 Å². The first-order valence-electron chi connectivity index (χ1n) is 11.2. The maximum Gasteiger partial charge on any atom is 0.338 e. The fraction of sp³-hybridized carbons (Fsp3) is 0.609. The number of urea groups is 1. The Morgan fingerprint density at radius 2 is 1.77 bits per heavy atom. The van der Waals surface area contributed by atoms with Gasteiger partial charge in [0, 0.05) is 11.4 Å². The van der Waals surface area contributed by atoms with E-state index in [9.17, 15) is 14.4 Å². The summed E-state index contributed by atoms with van der Waals surface area (Å²) >= 11 is 1.68. The van der Waals surface area contributed by atoms with E-state index in [-0.39, 0.29) is 17.4 Å². The van der Waals surface area contributed by atoms with Gasteiger partial charge in [-0.1, -0.05) is 26.2 Å². The number of carbonyl (C=O) groups is 3. The van der Waals surface area contributed by atoms with Gasteiger partial charge in [-0.2, -0.15) is 0 Å². The number of rotatable bonds is 7. The van der Waals surface area contributed by atoms with Crippen molar-refractivity contribution in [3.05, 3.63) is 29.8 Å². The standard InChI is InChI=1S/C23H32N2O5S/c1-3-14-30-22(27)19-15-31-20(16-8-6-5-7-9-16)25(19)23(28)24-18-12-10-17(11-13-18)21(26)29-4-2/h10-13,16,19-20H,3-9,14-15H2,1-2H3,(H,24,28). The minimum Gasteiger partial charge on any atom is -0.464 e. The van der Waals surface area contributed by atoms with Crippen LogP contribution in [0.2, 0.25) is 0 Å². The fourth-order valence-electron chi connectivity index (χ4n) is 4.14. The van der Waals surface area contributed by atoms with Gasteiger partial charge in [-0.25, -0.2) is 14.4 Å². The van der Waals surface area contributed by atoms with Crippen LogP contribution in [0.4, 0.5) is 10.5 Å². The molecule has 1 aliphatic heterocycles. The second-order valence-corrected chi connectivity index (χ2v) is 9.09. The van der Waals surface area contributed by atoms with E-state index < -0.39 is 12.0 Å². The van der Waals surface area contributed by atoms with Crippen molar-refractivity contribution in [1.29, 1.82) is 0 Å². The van der Waals surface area contributed by atoms with Gasteiger partial charge in [0.05, 0.1) is 24.2 Å². The smallest absolute Gasteiger partial charge is 0.338 e. The summed E-state index contributed by atoms with van der Waals surface area (Å²) in [6.45, 7) is 4.37. The van der Waals surface area contributed by atoms with Crippen LogP contribution in [0.3, 0.4) is 0 Å². The van der Waals surface area contributed by atoms with Crippen LogP contribution in [0.5, 0.6) is 0 Å². The van der Waals surface area contributed by atoms with Gasteiger partial charge in [-0.3, -0.25) is 4.90 Å². The number of amides is 2. The van der Waals surface area contributed by atoms with Crippen LogP contribution in [0, 0.1) is 5.92 Å². The quantitative estimate of drug-likeness (QED) is 0.610. The zero-order valence-electron chi connectivity index (χ0n) is 18.3. The molecule has 1 aromatic rings. The van der Waals surface area contributed by atoms with Gasteiger partial charge in [0.15, 0.2) is 0 Å². The summed E-state index contributed by atoms with van der Waals surface area (Å²) in [5, 5.41) is 2.88. The summed E-state index contributed by atoms with van der Waals surface area (Å²) in [5.74, 6) is 0.214. The molecule has 0 radical (unpaired) electrons. The lowest BCUT2D eigenvalue weighted by atomic mass is 9.88. The Kier molecular flexibility index (Phi) is 8.63. The molecule has 2 unspecified atom stereocenters. The number of nitrogens with zero attached hydrogens (tertiary/aromatic N) is 1. The molecule has 2 fully saturated rings. The highest BCUT2D eigenvalue weighted by molar-refractivity contribution is 8.00. The fourth-order valence-corrected chi connectivity index (χ4v) is 5.76. The van der Waals surface area contributed by atoms with Crippen molar-refractivity contribution in [2.24, 2.45) is 5.92 Å². The Bertz CT molecular complexity index is 764. The van der Waals surface area contributed by atoms with Gasteiger partial charge in [0.25, 0.3) is 0 Å². The van der Waals surface area contributed by atoms with Crippen LogP contribution in [0.15, 0.2) is 24.3 Å². The molecule has 8 heteroatoms. The van der Waals surface area contributed by atoms with Gasteiger partial charge < -0.3 is 14.8 Å². The van der Waals surface area contributed by atoms with Crippen molar-refractivity contribution in [2.75, 3.05) is 24.3 Å². The number of thioether (sulfide) groups is 1. The summed E-state index contributed by atoms with van der Waals surface area (Å²) < 4.78 is 10.4. The number of carbonyl (C=O) groups excluding carboxylic acids is 3. The highest BCUT2D eigenvalue weighted by Gasteiger charge is 2.45. The number of benzene rings is 1. The summed E-state index contributed by atoms with van der Waals surface area (Å²) in [4.78, 5) is 39.5. The molecule has 1 saturated carbocycles. The number of nitrogens with one attached hydrogen (secondary N) is 1. The first-order chi connectivity index (χ1) is 15.0. The van der Waals surface area contributed by atoms with Crippen LogP contribution < -0.4 is 5.32 Å². The molecule has 1 aromatic carbocycles. The van der Waals surface area contributed by atoms with Crippen LogP contribution in [0.25, 0.3) is 0 Å². The highest BCUT2D eigenvalue weighted by Crippen LogP contribution is 2.41. The predicted octanol–water partition coefficient (Wildman–Crippen LogP) is 4.67. The van der Waals surface area contributed by atoms with E-state index in [4.69, 9.17) is 9.47 Å². The third-order valence-electron chi connectivity index (χ3n) is 5.69. The van der Waals surface area contributed by atoms with Crippen molar-refractivity contribution >= 4 is 35.4 Å². The number of anilines is 1. The van der Waals surface area contributed by atoms with Crippen LogP contribution in [-0.2, 0) is 14.3 Å². The molecule has 2 atom stereocenters. The van der Waals surface area contributed by atoms with E-state index in [1.807, 2.05) is 6.92 Å². The number of hydrogen-bond donors (Lipinski definition) is 1. The largest absolute Gasteiger partial charge is 0.464 e. The van der Waals surface area contributed by atoms with E-state index in [0.717, 1.165) is 32.1 Å². The SMILES string of the molecule is CCCOC(=O)C1CSC(C2CCCCC2)N1C(=O)Nc1ccc(C(=O)OCC)cc1. The Balaban J connectivity index is 1.73. The third kappa shape index (κ3) is 5.93. The highest BCUT2D eigenvalue weighted by atomic mass is 32.2. The first-order valence-corrected chi connectivity index (χ1v) is 12.2. The lowest BCUT2D eigenvalue weighted by Gasteiger charge is -2.35. The third-order valence-corrected chi connectivity index (χ3v) is 7.15. The normalized spacial score (nSPS) is 21.5. The Morgan fingerprint density at radius 3 is 2.42 bits per heavy atom. The van der Waals surface area contributed by atoms with Crippen molar-refractivity contribution in [3.63, 3.8) is 0 Å². The zero-order valence-corrected chi connectivity index (χ0v) is 19.1. The van der Waals surface area contributed by atoms with Crippen molar-refractivity contribution < 1.29 is 23.9 Å². The van der Waals surface area contributed by atoms with Gasteiger partial charge in [0.1, 0.15) is 6.04 Å². The van der Waals surface area contributed by atoms with Gasteiger partial charge in [-0.15, -0.1) is 11.8 Å². The molecule has 7 nitrogen and oxygen atoms in total. The molecular weight excluding hydrogens is 416 g/mol. The number of ether oxygens (including phenoxy) is 2. The van der Waals surface area contributed by atoms with E-state index in [1.165, 1.54) is 6.42 Å². The summed E-state index contributed by atoms with van der Waals surface area (Å²) in [6, 6.07) is 5.71. The topological polar surface area (TPSA) is 84.9 Å². The van der Waals surface area contributed by atoms with Gasteiger partial charge in [0.2, 0.25) is 0 Å². The molecule has 1 heterocycles. The lowest BCUT2D eigenvalue weighted by molar-refractivity contribution is -0.148. The second kappa shape index (κ2) is 11.4. The maximum atomic E-state index is 13.3. The monoisotopic (exact) mass is 448 g/mol. The Morgan fingerprint density at radius 1 is 1.06 bits per heavy atom. The molecule has 2 amide bonds. The number of hydrogen-bond acceptors (Lipinski definition) is 6. The predicted molar refractivity (Wildman–Crippen MR) is 121 cm³/mol. The van der Waals surface area contributed by atoms with Crippen LogP contribution in [-0.4, -0.2) is 53.3 Å². The van der Waals surface area contributed by atoms with E-state index >= 15 is 0 Å². The van der Waals surface area contributed by atoms with E-state index in [2.05, 4.69) is 5.32 Å². The molecule has 1 aliphatic carbocycles. The molecule has 0 spiro atoms. The van der Waals surface area contributed by atoms with Gasteiger partial charge in [-0.05, 0) is 56.4 Å². The first kappa shape index (κ1) is 23.4. The van der Waals surface area contributed by atoms with Crippen molar-refractivity contribution in [2.45, 2.75) is 63.8 Å². The molecule has 3 rings (SSSR count). The zero-order chi connectivity index (χ0) is 22.2. The minimum absolute atomic E-state index is 0.0294. The van der Waals surface area contributed by atoms with E-state index in [0.29, 0.717) is 36.1 Å². The van der Waals surface area contributed by atoms with Crippen molar-refractivity contribution in [1.82, 2.24) is 4.90 Å². The maximum absolute atomic E-state index is 13.3. The average Bonchev–Trinajstić information content (AvgIpc) is 3.24. The van der Waals surface area contributed by atoms with Crippen LogP contribution >= 0.6 is 11.8 Å². The summed E-state index contributed by atoms with van der Waals surface area (Å²) in [7, 11) is 0. The molecule has 2 aliphatic rings. The summed E-state index contributed by atoms with van der Waals surface area (Å²) in [5.41, 5.74) is 0.996. The molecule has 1 N–H and O–H groups in total. The van der Waals surface area contributed by atoms with Gasteiger partial charge >= 0.3 is 18.0 Å². The molecule has 1 saturated heterocycles.